The first-order chi connectivity index (χ1) is 61.9. The molecule has 130 heavy (non-hydrogen) atoms. The molecule has 0 radical (unpaired) electrons. The van der Waals surface area contributed by atoms with E-state index in [1.165, 1.54) is 77.8 Å². The topological polar surface area (TPSA) is 232 Å². The lowest BCUT2D eigenvalue weighted by Gasteiger charge is -2.22. The number of pyridine rings is 4. The van der Waals surface area contributed by atoms with Gasteiger partial charge in [0.2, 0.25) is 17.7 Å². The van der Waals surface area contributed by atoms with Gasteiger partial charge in [-0.05, 0) is 244 Å². The summed E-state index contributed by atoms with van der Waals surface area (Å²) in [4.78, 5) is 63.8. The Balaban J connectivity index is 0.000000150. The first kappa shape index (κ1) is 91.4. The highest BCUT2D eigenvalue weighted by Crippen LogP contribution is 2.68. The van der Waals surface area contributed by atoms with Crippen molar-refractivity contribution in [2.24, 2.45) is 5.92 Å². The molecule has 676 valence electrons. The first-order valence-corrected chi connectivity index (χ1v) is 43.7. The van der Waals surface area contributed by atoms with Crippen molar-refractivity contribution in [1.29, 1.82) is 0 Å². The number of anilines is 2. The van der Waals surface area contributed by atoms with Crippen LogP contribution in [0.15, 0.2) is 201 Å². The fraction of sp³-hybridized carbons (Fsp3) is 0.284. The summed E-state index contributed by atoms with van der Waals surface area (Å²) in [5.74, 6) is -5.79. The lowest BCUT2D eigenvalue weighted by Crippen LogP contribution is -2.35. The van der Waals surface area contributed by atoms with Crippen LogP contribution >= 0.6 is 0 Å². The average Bonchev–Trinajstić information content (AvgIpc) is 1.52. The Morgan fingerprint density at radius 1 is 0.577 bits per heavy atom. The van der Waals surface area contributed by atoms with Gasteiger partial charge in [-0.15, -0.1) is 13.2 Å². The maximum Gasteiger partial charge on any atom is 0.573 e. The number of ether oxygens (including phenoxy) is 1. The highest BCUT2D eigenvalue weighted by Gasteiger charge is 2.67. The third kappa shape index (κ3) is 22.0. The molecule has 5 N–H and O–H groups in total. The Morgan fingerprint density at radius 2 is 1.08 bits per heavy atom. The molecule has 2 fully saturated rings. The zero-order valence-corrected chi connectivity index (χ0v) is 70.8. The summed E-state index contributed by atoms with van der Waals surface area (Å²) in [6.45, 7) is 4.32. The van der Waals surface area contributed by atoms with Gasteiger partial charge in [0, 0.05) is 128 Å². The van der Waals surface area contributed by atoms with Crippen molar-refractivity contribution in [2.45, 2.75) is 146 Å². The van der Waals surface area contributed by atoms with Crippen LogP contribution in [0.4, 0.5) is 77.4 Å². The molecule has 1 saturated heterocycles. The molecule has 3 aliphatic carbocycles. The summed E-state index contributed by atoms with van der Waals surface area (Å²) in [7, 11) is -2.54. The van der Waals surface area contributed by atoms with Crippen LogP contribution in [0.3, 0.4) is 0 Å². The molecule has 17 rings (SSSR count). The van der Waals surface area contributed by atoms with Crippen molar-refractivity contribution in [3.05, 3.63) is 314 Å². The average molecular weight is 1820 g/mol. The van der Waals surface area contributed by atoms with Gasteiger partial charge in [-0.3, -0.25) is 38.7 Å². The summed E-state index contributed by atoms with van der Waals surface area (Å²) in [6, 6.07) is 40.4. The van der Waals surface area contributed by atoms with Crippen LogP contribution in [-0.2, 0) is 87.8 Å². The number of nitrogens with one attached hydrogen (secondary N) is 5. The zero-order chi connectivity index (χ0) is 92.3. The van der Waals surface area contributed by atoms with E-state index in [0.29, 0.717) is 107 Å². The Labute approximate surface area is 736 Å². The molecule has 6 atom stereocenters. The molecule has 0 bridgehead atoms. The Bertz CT molecular complexity index is 6400. The maximum absolute atomic E-state index is 15.1. The number of H-pyrrole nitrogens is 1. The molecule has 7 aromatic heterocycles. The molecule has 4 aliphatic rings. The molecular weight excluding hydrogens is 1730 g/mol. The maximum atomic E-state index is 15.1. The SMILES string of the molecule is C=S(C)(=O)Nc1ccc(-c2cccnc2[C@H](Cc2cc(F)cc(F)c2)NC(=O)Cn2nc(C(F)F)c3c2C(F)(F)C2CC32)cc1.Cc1cc(F)cc(C[C@H](NC(=O)Cc2c[nH]c3ccc(F)cc23)c2ncccc2-c2ccc(OC(F)(F)F)cc2)c1.Cc1cc(F)cc(C[C@H](NC(=O)Cn2nc(C(F)(F)F)c3c2CCCC3)c2ncccc2-c2ccc(N3CCCC3)nc2)c1. The summed E-state index contributed by atoms with van der Waals surface area (Å²) >= 11 is 0. The Morgan fingerprint density at radius 3 is 1.60 bits per heavy atom. The molecule has 3 unspecified atom stereocenters. The van der Waals surface area contributed by atoms with Crippen LogP contribution in [0.5, 0.6) is 5.75 Å². The first-order valence-electron chi connectivity index (χ1n) is 41.6. The van der Waals surface area contributed by atoms with Gasteiger partial charge in [0.15, 0.2) is 5.69 Å². The van der Waals surface area contributed by atoms with Crippen molar-refractivity contribution < 1.29 is 89.2 Å². The smallest absolute Gasteiger partial charge is 0.406 e. The van der Waals surface area contributed by atoms with Gasteiger partial charge in [0.25, 0.3) is 12.3 Å². The number of nitrogens with zero attached hydrogens (tertiary/aromatic N) is 9. The Hall–Kier alpha value is -13.3. The van der Waals surface area contributed by atoms with E-state index in [-0.39, 0.29) is 73.4 Å². The molecule has 3 amide bonds. The number of carbonyl (C=O) groups is 3. The van der Waals surface area contributed by atoms with Gasteiger partial charge in [-0.1, -0.05) is 54.6 Å². The molecule has 19 nitrogen and oxygen atoms in total. The van der Waals surface area contributed by atoms with Gasteiger partial charge in [0.1, 0.15) is 65.1 Å². The van der Waals surface area contributed by atoms with E-state index in [1.807, 2.05) is 24.3 Å². The summed E-state index contributed by atoms with van der Waals surface area (Å²) in [6.07, 6.45) is 1.64. The summed E-state index contributed by atoms with van der Waals surface area (Å²) < 4.78 is 228. The standard InChI is InChI=1S/C33H34F4N6O.C31H27F6N5O2S.C31H24F5N3O2/c1-21-15-22(17-24(34)16-21)18-27(40-30(44)20-43-28-9-3-2-7-26(28)32(41-43)33(35,36)37)31-25(8-6-12-38-31)23-10-11-29(39-19-23)42-13-4-5-14-42;1-45(2,44)41-20-7-5-17(6-8-20)21-4-3-9-38-27(21)24(12-16-10-18(32)13-19(33)11-16)39-25(43)15-42-29-26(28(40-42)30(34)35)22-14-23(22)31(29,36)37;1-18-11-19(13-23(33)12-18)14-28(39-29(40)15-21-17-38-27-9-6-22(32)16-26(21)27)30-25(3-2-10-37-30)20-4-7-24(8-5-20)41-31(34,35)36/h6,8,10-12,15-17,19,27H,2-5,7,9,13-14,18,20H2,1H3,(H,40,44);3-11,13,22-24,30H,1,12,14-15H2,2H3,(H,39,43)(H,41,44);2-13,16-17,28,38H,14-15H2,1H3,(H,39,40)/t27-;22?,23?,24-,45?;28-/m000/s1. The van der Waals surface area contributed by atoms with E-state index in [1.54, 1.807) is 105 Å². The third-order valence-electron chi connectivity index (χ3n) is 22.7. The van der Waals surface area contributed by atoms with Gasteiger partial charge in [-0.2, -0.15) is 32.1 Å². The number of amides is 3. The monoisotopic (exact) mass is 1820 g/mol. The quantitative estimate of drug-likeness (QED) is 0.0252. The lowest BCUT2D eigenvalue weighted by molar-refractivity contribution is -0.274. The normalized spacial score (nSPS) is 16.1. The highest BCUT2D eigenvalue weighted by molar-refractivity contribution is 8.00. The van der Waals surface area contributed by atoms with Crippen molar-refractivity contribution in [3.8, 4) is 39.1 Å². The molecule has 35 heteroatoms. The number of aromatic amines is 1. The van der Waals surface area contributed by atoms with Gasteiger partial charge >= 0.3 is 12.5 Å². The van der Waals surface area contributed by atoms with E-state index in [0.717, 1.165) is 67.0 Å². The highest BCUT2D eigenvalue weighted by atomic mass is 32.2. The zero-order valence-electron chi connectivity index (χ0n) is 70.0. The van der Waals surface area contributed by atoms with Crippen molar-refractivity contribution in [2.75, 3.05) is 29.0 Å². The number of hydrogen-bond donors (Lipinski definition) is 5. The fourth-order valence-corrected chi connectivity index (χ4v) is 18.0. The van der Waals surface area contributed by atoms with Crippen LogP contribution < -0.4 is 30.3 Å². The van der Waals surface area contributed by atoms with Gasteiger partial charge < -0.3 is 35.3 Å². The van der Waals surface area contributed by atoms with Crippen molar-refractivity contribution in [1.82, 2.24) is 60.4 Å². The third-order valence-corrected chi connectivity index (χ3v) is 23.4. The predicted octanol–water partition coefficient (Wildman–Crippen LogP) is 19.9. The largest absolute Gasteiger partial charge is 0.573 e. The van der Waals surface area contributed by atoms with Crippen molar-refractivity contribution in [3.63, 3.8) is 0 Å². The van der Waals surface area contributed by atoms with Crippen LogP contribution in [0.1, 0.15) is 147 Å². The molecular formula is C95H85F15N14O5S. The minimum absolute atomic E-state index is 0.0617. The van der Waals surface area contributed by atoms with E-state index < -0.39 is 129 Å². The predicted molar refractivity (Wildman–Crippen MR) is 460 cm³/mol. The van der Waals surface area contributed by atoms with E-state index in [2.05, 4.69) is 71.3 Å². The van der Waals surface area contributed by atoms with E-state index >= 15 is 8.78 Å². The van der Waals surface area contributed by atoms with E-state index in [9.17, 15) is 75.7 Å². The second kappa shape index (κ2) is 38.1. The lowest BCUT2D eigenvalue weighted by atomic mass is 9.94. The number of hydrogen-bond acceptors (Lipinski definition) is 12. The number of alkyl halides is 10. The van der Waals surface area contributed by atoms with Gasteiger partial charge in [0.05, 0.1) is 41.6 Å². The van der Waals surface area contributed by atoms with Crippen LogP contribution in [0, 0.1) is 48.9 Å². The second-order valence-corrected chi connectivity index (χ2v) is 34.9. The molecule has 0 spiro atoms. The van der Waals surface area contributed by atoms with Crippen LogP contribution in [0.2, 0.25) is 0 Å². The Kier molecular flexibility index (Phi) is 26.8. The molecule has 6 aromatic carbocycles. The van der Waals surface area contributed by atoms with Gasteiger partial charge in [-0.25, -0.2) is 39.9 Å². The summed E-state index contributed by atoms with van der Waals surface area (Å²) in [5, 5.41) is 16.8. The fourth-order valence-electron chi connectivity index (χ4n) is 17.3. The van der Waals surface area contributed by atoms with Crippen LogP contribution in [0.25, 0.3) is 44.3 Å². The number of aryl methyl sites for hydroxylation is 2. The number of benzene rings is 6. The van der Waals surface area contributed by atoms with Crippen molar-refractivity contribution >= 4 is 55.7 Å². The second-order valence-electron chi connectivity index (χ2n) is 32.7. The number of halogens is 15. The minimum atomic E-state index is -4.82. The molecule has 1 aliphatic heterocycles. The number of fused-ring (bicyclic) bond motifs is 5. The molecule has 1 saturated carbocycles. The minimum Gasteiger partial charge on any atom is -0.406 e. The summed E-state index contributed by atoms with van der Waals surface area (Å²) in [5.41, 5.74) is 7.92. The number of rotatable bonds is 26. The molecule has 13 aromatic rings. The molecule has 8 heterocycles. The number of carbonyl (C=O) groups excluding carboxylic acids is 3. The van der Waals surface area contributed by atoms with E-state index in [4.69, 9.17) is 0 Å². The number of aromatic nitrogens is 9. The van der Waals surface area contributed by atoms with Crippen LogP contribution in [-0.4, -0.2) is 98.0 Å².